The Kier molecular flexibility index (Phi) is 4.37. The van der Waals surface area contributed by atoms with Gasteiger partial charge in [-0.25, -0.2) is 4.79 Å². The molecule has 2 aliphatic heterocycles. The average molecular weight is 350 g/mol. The first-order chi connectivity index (χ1) is 12.6. The Balaban J connectivity index is 1.47. The number of fused-ring (bicyclic) bond motifs is 1. The minimum atomic E-state index is -0.795. The van der Waals surface area contributed by atoms with E-state index in [2.05, 4.69) is 23.2 Å². The monoisotopic (exact) mass is 350 g/mol. The van der Waals surface area contributed by atoms with E-state index in [0.29, 0.717) is 12.0 Å². The molecule has 0 saturated carbocycles. The van der Waals surface area contributed by atoms with E-state index in [0.717, 1.165) is 29.9 Å². The highest BCUT2D eigenvalue weighted by molar-refractivity contribution is 6.00. The summed E-state index contributed by atoms with van der Waals surface area (Å²) in [5.41, 5.74) is 4.48. The van der Waals surface area contributed by atoms with Gasteiger partial charge in [-0.15, -0.1) is 0 Å². The molecule has 1 atom stereocenters. The lowest BCUT2D eigenvalue weighted by Gasteiger charge is -2.24. The smallest absolute Gasteiger partial charge is 0.339 e. The number of hydrogen-bond donors (Lipinski definition) is 1. The maximum atomic E-state index is 12.6. The van der Waals surface area contributed by atoms with Crippen LogP contribution in [0.3, 0.4) is 0 Å². The van der Waals surface area contributed by atoms with Crippen LogP contribution in [-0.4, -0.2) is 31.1 Å². The molecular weight excluding hydrogens is 328 g/mol. The fourth-order valence-electron chi connectivity index (χ4n) is 3.75. The SMILES string of the molecule is Cc1cc(NC(=O)C2Cc3ccccc3C(=O)O2)ccc1N1CCCC1. The summed E-state index contributed by atoms with van der Waals surface area (Å²) in [5.74, 6) is -0.728. The van der Waals surface area contributed by atoms with Crippen LogP contribution in [0, 0.1) is 6.92 Å². The van der Waals surface area contributed by atoms with E-state index in [1.54, 1.807) is 12.1 Å². The zero-order chi connectivity index (χ0) is 18.1. The minimum Gasteiger partial charge on any atom is -0.448 e. The quantitative estimate of drug-likeness (QED) is 0.863. The highest BCUT2D eigenvalue weighted by atomic mass is 16.5. The van der Waals surface area contributed by atoms with Crippen LogP contribution in [0.2, 0.25) is 0 Å². The number of cyclic esters (lactones) is 1. The number of amides is 1. The summed E-state index contributed by atoms with van der Waals surface area (Å²) in [5, 5.41) is 2.89. The van der Waals surface area contributed by atoms with Crippen molar-refractivity contribution in [2.24, 2.45) is 0 Å². The molecule has 26 heavy (non-hydrogen) atoms. The topological polar surface area (TPSA) is 58.6 Å². The summed E-state index contributed by atoms with van der Waals surface area (Å²) in [4.78, 5) is 27.0. The van der Waals surface area contributed by atoms with E-state index < -0.39 is 12.1 Å². The van der Waals surface area contributed by atoms with Crippen LogP contribution in [0.5, 0.6) is 0 Å². The summed E-state index contributed by atoms with van der Waals surface area (Å²) in [6.07, 6.45) is 2.06. The number of anilines is 2. The van der Waals surface area contributed by atoms with Gasteiger partial charge in [0.05, 0.1) is 5.56 Å². The van der Waals surface area contributed by atoms with Gasteiger partial charge >= 0.3 is 5.97 Å². The molecule has 2 aromatic carbocycles. The average Bonchev–Trinajstić information content (AvgIpc) is 3.16. The van der Waals surface area contributed by atoms with Gasteiger partial charge in [-0.3, -0.25) is 4.79 Å². The molecule has 5 nitrogen and oxygen atoms in total. The third-order valence-corrected chi connectivity index (χ3v) is 5.10. The van der Waals surface area contributed by atoms with Crippen LogP contribution in [0.25, 0.3) is 0 Å². The molecule has 2 heterocycles. The van der Waals surface area contributed by atoms with Gasteiger partial charge in [0.2, 0.25) is 0 Å². The first-order valence-electron chi connectivity index (χ1n) is 9.07. The second-order valence-electron chi connectivity index (χ2n) is 6.94. The van der Waals surface area contributed by atoms with Gasteiger partial charge in [-0.2, -0.15) is 0 Å². The molecule has 1 amide bonds. The number of nitrogens with one attached hydrogen (secondary N) is 1. The number of nitrogens with zero attached hydrogens (tertiary/aromatic N) is 1. The third kappa shape index (κ3) is 3.17. The molecule has 1 saturated heterocycles. The van der Waals surface area contributed by atoms with Crippen molar-refractivity contribution in [2.75, 3.05) is 23.3 Å². The van der Waals surface area contributed by atoms with Crippen LogP contribution in [-0.2, 0) is 16.0 Å². The Morgan fingerprint density at radius 2 is 1.92 bits per heavy atom. The highest BCUT2D eigenvalue weighted by Crippen LogP contribution is 2.27. The van der Waals surface area contributed by atoms with Crippen molar-refractivity contribution in [2.45, 2.75) is 32.3 Å². The number of benzene rings is 2. The maximum Gasteiger partial charge on any atom is 0.339 e. The van der Waals surface area contributed by atoms with Crippen LogP contribution in [0.4, 0.5) is 11.4 Å². The zero-order valence-electron chi connectivity index (χ0n) is 14.8. The minimum absolute atomic E-state index is 0.291. The van der Waals surface area contributed by atoms with Crippen molar-refractivity contribution < 1.29 is 14.3 Å². The van der Waals surface area contributed by atoms with Crippen molar-refractivity contribution in [3.63, 3.8) is 0 Å². The third-order valence-electron chi connectivity index (χ3n) is 5.10. The number of esters is 1. The predicted molar refractivity (Wildman–Crippen MR) is 101 cm³/mol. The Morgan fingerprint density at radius 3 is 2.69 bits per heavy atom. The fourth-order valence-corrected chi connectivity index (χ4v) is 3.75. The summed E-state index contributed by atoms with van der Waals surface area (Å²) in [6, 6.07) is 13.2. The molecule has 0 aliphatic carbocycles. The normalized spacial score (nSPS) is 19.0. The summed E-state index contributed by atoms with van der Waals surface area (Å²) < 4.78 is 5.32. The van der Waals surface area contributed by atoms with E-state index in [1.165, 1.54) is 18.5 Å². The van der Waals surface area contributed by atoms with Crippen LogP contribution in [0.1, 0.15) is 34.3 Å². The molecule has 0 aromatic heterocycles. The van der Waals surface area contributed by atoms with Gasteiger partial charge in [0.15, 0.2) is 6.10 Å². The Labute approximate surface area is 153 Å². The number of ether oxygens (including phenoxy) is 1. The number of carbonyl (C=O) groups is 2. The van der Waals surface area contributed by atoms with Crippen molar-refractivity contribution in [1.82, 2.24) is 0 Å². The largest absolute Gasteiger partial charge is 0.448 e. The zero-order valence-corrected chi connectivity index (χ0v) is 14.8. The van der Waals surface area contributed by atoms with Gasteiger partial charge in [0, 0.05) is 30.9 Å². The van der Waals surface area contributed by atoms with Crippen LogP contribution < -0.4 is 10.2 Å². The van der Waals surface area contributed by atoms with Crippen molar-refractivity contribution in [3.05, 3.63) is 59.2 Å². The van der Waals surface area contributed by atoms with Gasteiger partial charge < -0.3 is 15.0 Å². The number of aryl methyl sites for hydroxylation is 1. The molecular formula is C21H22N2O3. The van der Waals surface area contributed by atoms with Gasteiger partial charge in [-0.05, 0) is 55.2 Å². The summed E-state index contributed by atoms with van der Waals surface area (Å²) in [7, 11) is 0. The Bertz CT molecular complexity index is 856. The predicted octanol–water partition coefficient (Wildman–Crippen LogP) is 3.32. The molecule has 4 rings (SSSR count). The van der Waals surface area contributed by atoms with E-state index in [4.69, 9.17) is 4.74 Å². The van der Waals surface area contributed by atoms with E-state index in [9.17, 15) is 9.59 Å². The van der Waals surface area contributed by atoms with Gasteiger partial charge in [0.25, 0.3) is 5.91 Å². The second kappa shape index (κ2) is 6.83. The van der Waals surface area contributed by atoms with Crippen LogP contribution in [0.15, 0.2) is 42.5 Å². The van der Waals surface area contributed by atoms with Gasteiger partial charge in [0.1, 0.15) is 0 Å². The standard InChI is InChI=1S/C21H22N2O3/c1-14-12-16(8-9-18(14)23-10-4-5-11-23)22-20(24)19-13-15-6-2-3-7-17(15)21(25)26-19/h2-3,6-9,12,19H,4-5,10-11,13H2,1H3,(H,22,24). The van der Waals surface area contributed by atoms with Crippen LogP contribution >= 0.6 is 0 Å². The molecule has 0 bridgehead atoms. The molecule has 2 aliphatic rings. The molecule has 0 radical (unpaired) electrons. The fraction of sp³-hybridized carbons (Fsp3) is 0.333. The Hall–Kier alpha value is -2.82. The molecule has 0 spiro atoms. The number of carbonyl (C=O) groups excluding carboxylic acids is 2. The Morgan fingerprint density at radius 1 is 1.15 bits per heavy atom. The van der Waals surface area contributed by atoms with Crippen molar-refractivity contribution >= 4 is 23.3 Å². The lowest BCUT2D eigenvalue weighted by molar-refractivity contribution is -0.125. The molecule has 5 heteroatoms. The lowest BCUT2D eigenvalue weighted by Crippen LogP contribution is -2.38. The molecule has 1 N–H and O–H groups in total. The first-order valence-corrected chi connectivity index (χ1v) is 9.07. The summed E-state index contributed by atoms with van der Waals surface area (Å²) >= 11 is 0. The van der Waals surface area contributed by atoms with Crippen molar-refractivity contribution in [3.8, 4) is 0 Å². The van der Waals surface area contributed by atoms with E-state index in [1.807, 2.05) is 24.3 Å². The maximum absolute atomic E-state index is 12.6. The summed E-state index contributed by atoms with van der Waals surface area (Å²) in [6.45, 7) is 4.23. The van der Waals surface area contributed by atoms with Gasteiger partial charge in [-0.1, -0.05) is 18.2 Å². The lowest BCUT2D eigenvalue weighted by atomic mass is 9.98. The number of rotatable bonds is 3. The molecule has 134 valence electrons. The molecule has 2 aromatic rings. The van der Waals surface area contributed by atoms with E-state index in [-0.39, 0.29) is 5.91 Å². The number of hydrogen-bond acceptors (Lipinski definition) is 4. The molecule has 1 unspecified atom stereocenters. The van der Waals surface area contributed by atoms with E-state index >= 15 is 0 Å². The highest BCUT2D eigenvalue weighted by Gasteiger charge is 2.31. The molecule has 1 fully saturated rings. The first kappa shape index (κ1) is 16.6. The second-order valence-corrected chi connectivity index (χ2v) is 6.94. The van der Waals surface area contributed by atoms with Crippen molar-refractivity contribution in [1.29, 1.82) is 0 Å².